The number of carbonyl (C=O) groups is 1. The van der Waals surface area contributed by atoms with Crippen LogP contribution in [0.5, 0.6) is 0 Å². The topological polar surface area (TPSA) is 52.1 Å². The highest BCUT2D eigenvalue weighted by molar-refractivity contribution is 9.10. The molecule has 0 atom stereocenters. The largest absolute Gasteiger partial charge is 0.465 e. The Morgan fingerprint density at radius 2 is 2.24 bits per heavy atom. The predicted molar refractivity (Wildman–Crippen MR) is 69.1 cm³/mol. The van der Waals surface area contributed by atoms with Crippen LogP contribution in [-0.2, 0) is 4.74 Å². The van der Waals surface area contributed by atoms with E-state index in [4.69, 9.17) is 4.74 Å². The first-order chi connectivity index (χ1) is 8.13. The molecule has 0 saturated heterocycles. The van der Waals surface area contributed by atoms with Gasteiger partial charge >= 0.3 is 5.97 Å². The Hall–Kier alpha value is -1.27. The third-order valence-electron chi connectivity index (χ3n) is 2.24. The standard InChI is InChI=1S/C11H9BrN2O2S/c1-6-4-17-10(11(15)16-2)9(6)7-3-8(12)14-5-13-7/h3-5H,1-2H3. The summed E-state index contributed by atoms with van der Waals surface area (Å²) in [5.41, 5.74) is 2.52. The maximum absolute atomic E-state index is 11.6. The average Bonchev–Trinajstić information content (AvgIpc) is 2.70. The zero-order valence-electron chi connectivity index (χ0n) is 9.23. The Labute approximate surface area is 111 Å². The van der Waals surface area contributed by atoms with Crippen LogP contribution in [0.3, 0.4) is 0 Å². The number of rotatable bonds is 2. The summed E-state index contributed by atoms with van der Waals surface area (Å²) in [6, 6.07) is 1.78. The fraction of sp³-hybridized carbons (Fsp3) is 0.182. The molecule has 2 aromatic heterocycles. The average molecular weight is 313 g/mol. The van der Waals surface area contributed by atoms with Crippen molar-refractivity contribution >= 4 is 33.2 Å². The molecular weight excluding hydrogens is 304 g/mol. The number of carbonyl (C=O) groups excluding carboxylic acids is 1. The van der Waals surface area contributed by atoms with Gasteiger partial charge in [0.2, 0.25) is 0 Å². The minimum Gasteiger partial charge on any atom is -0.465 e. The first-order valence-electron chi connectivity index (χ1n) is 4.77. The van der Waals surface area contributed by atoms with E-state index in [-0.39, 0.29) is 5.97 Å². The summed E-state index contributed by atoms with van der Waals surface area (Å²) in [6.45, 7) is 1.94. The number of aryl methyl sites for hydroxylation is 1. The molecule has 0 saturated carbocycles. The fourth-order valence-corrected chi connectivity index (χ4v) is 2.76. The van der Waals surface area contributed by atoms with Crippen LogP contribution >= 0.6 is 27.3 Å². The van der Waals surface area contributed by atoms with Gasteiger partial charge in [0.1, 0.15) is 15.8 Å². The minimum absolute atomic E-state index is 0.340. The third-order valence-corrected chi connectivity index (χ3v) is 3.75. The lowest BCUT2D eigenvalue weighted by atomic mass is 10.1. The molecule has 0 spiro atoms. The van der Waals surface area contributed by atoms with Gasteiger partial charge in [-0.3, -0.25) is 0 Å². The van der Waals surface area contributed by atoms with Crippen LogP contribution in [0.4, 0.5) is 0 Å². The van der Waals surface area contributed by atoms with E-state index in [1.165, 1.54) is 24.8 Å². The number of esters is 1. The molecule has 0 unspecified atom stereocenters. The molecule has 88 valence electrons. The van der Waals surface area contributed by atoms with Crippen LogP contribution in [0.1, 0.15) is 15.2 Å². The van der Waals surface area contributed by atoms with Crippen molar-refractivity contribution in [2.75, 3.05) is 7.11 Å². The Morgan fingerprint density at radius 1 is 1.47 bits per heavy atom. The number of ether oxygens (including phenoxy) is 1. The van der Waals surface area contributed by atoms with Crippen LogP contribution in [0, 0.1) is 6.92 Å². The summed E-state index contributed by atoms with van der Waals surface area (Å²) < 4.78 is 5.44. The van der Waals surface area contributed by atoms with Gasteiger partial charge in [-0.05, 0) is 39.9 Å². The Balaban J connectivity index is 2.58. The highest BCUT2D eigenvalue weighted by Crippen LogP contribution is 2.32. The third kappa shape index (κ3) is 2.37. The van der Waals surface area contributed by atoms with E-state index in [2.05, 4.69) is 25.9 Å². The molecule has 0 radical (unpaired) electrons. The van der Waals surface area contributed by atoms with E-state index in [1.54, 1.807) is 6.07 Å². The van der Waals surface area contributed by atoms with Crippen LogP contribution < -0.4 is 0 Å². The number of hydrogen-bond acceptors (Lipinski definition) is 5. The number of nitrogens with zero attached hydrogens (tertiary/aromatic N) is 2. The summed E-state index contributed by atoms with van der Waals surface area (Å²) in [5.74, 6) is -0.340. The van der Waals surface area contributed by atoms with E-state index < -0.39 is 0 Å². The molecule has 17 heavy (non-hydrogen) atoms. The minimum atomic E-state index is -0.340. The van der Waals surface area contributed by atoms with Gasteiger partial charge in [-0.25, -0.2) is 14.8 Å². The molecule has 6 heteroatoms. The van der Waals surface area contributed by atoms with Crippen molar-refractivity contribution in [3.8, 4) is 11.3 Å². The summed E-state index contributed by atoms with van der Waals surface area (Å²) in [6.07, 6.45) is 1.46. The van der Waals surface area contributed by atoms with Gasteiger partial charge in [0.25, 0.3) is 0 Å². The maximum Gasteiger partial charge on any atom is 0.348 e. The number of methoxy groups -OCH3 is 1. The monoisotopic (exact) mass is 312 g/mol. The zero-order chi connectivity index (χ0) is 12.4. The van der Waals surface area contributed by atoms with Gasteiger partial charge in [-0.15, -0.1) is 11.3 Å². The lowest BCUT2D eigenvalue weighted by molar-refractivity contribution is 0.0607. The van der Waals surface area contributed by atoms with Crippen LogP contribution in [-0.4, -0.2) is 23.0 Å². The summed E-state index contributed by atoms with van der Waals surface area (Å²) in [5, 5.41) is 1.91. The first-order valence-corrected chi connectivity index (χ1v) is 6.45. The summed E-state index contributed by atoms with van der Waals surface area (Å²) in [7, 11) is 1.37. The Bertz CT molecular complexity index is 568. The number of hydrogen-bond donors (Lipinski definition) is 0. The molecule has 0 bridgehead atoms. The van der Waals surface area contributed by atoms with Gasteiger partial charge in [0.15, 0.2) is 0 Å². The van der Waals surface area contributed by atoms with Gasteiger partial charge in [-0.1, -0.05) is 0 Å². The van der Waals surface area contributed by atoms with Crippen molar-refractivity contribution in [2.24, 2.45) is 0 Å². The van der Waals surface area contributed by atoms with Gasteiger partial charge in [0, 0.05) is 5.56 Å². The van der Waals surface area contributed by atoms with Gasteiger partial charge in [0.05, 0.1) is 12.8 Å². The fourth-order valence-electron chi connectivity index (χ4n) is 1.48. The highest BCUT2D eigenvalue weighted by Gasteiger charge is 2.19. The van der Waals surface area contributed by atoms with E-state index >= 15 is 0 Å². The number of aromatic nitrogens is 2. The summed E-state index contributed by atoms with van der Waals surface area (Å²) >= 11 is 4.65. The van der Waals surface area contributed by atoms with Crippen LogP contribution in [0.25, 0.3) is 11.3 Å². The number of halogens is 1. The first kappa shape index (κ1) is 12.2. The lowest BCUT2D eigenvalue weighted by Gasteiger charge is -2.03. The van der Waals surface area contributed by atoms with Crippen molar-refractivity contribution in [3.05, 3.63) is 32.8 Å². The van der Waals surface area contributed by atoms with Crippen LogP contribution in [0.2, 0.25) is 0 Å². The van der Waals surface area contributed by atoms with Crippen molar-refractivity contribution in [1.82, 2.24) is 9.97 Å². The molecule has 0 aromatic carbocycles. The molecule has 0 amide bonds. The lowest BCUT2D eigenvalue weighted by Crippen LogP contribution is -2.01. The van der Waals surface area contributed by atoms with E-state index in [1.807, 2.05) is 12.3 Å². The van der Waals surface area contributed by atoms with Crippen molar-refractivity contribution in [3.63, 3.8) is 0 Å². The zero-order valence-corrected chi connectivity index (χ0v) is 11.6. The van der Waals surface area contributed by atoms with Gasteiger partial charge < -0.3 is 4.74 Å². The molecule has 2 aromatic rings. The molecule has 0 aliphatic carbocycles. The Kier molecular flexibility index (Phi) is 3.54. The van der Waals surface area contributed by atoms with Crippen molar-refractivity contribution in [2.45, 2.75) is 6.92 Å². The molecular formula is C11H9BrN2O2S. The SMILES string of the molecule is COC(=O)c1scc(C)c1-c1cc(Br)ncn1. The van der Waals surface area contributed by atoms with Gasteiger partial charge in [-0.2, -0.15) is 0 Å². The molecule has 0 N–H and O–H groups in total. The molecule has 0 aliphatic heterocycles. The Morgan fingerprint density at radius 3 is 2.88 bits per heavy atom. The molecule has 4 nitrogen and oxygen atoms in total. The molecule has 0 fully saturated rings. The van der Waals surface area contributed by atoms with Crippen molar-refractivity contribution < 1.29 is 9.53 Å². The summed E-state index contributed by atoms with van der Waals surface area (Å²) in [4.78, 5) is 20.3. The van der Waals surface area contributed by atoms with Crippen molar-refractivity contribution in [1.29, 1.82) is 0 Å². The molecule has 0 aliphatic rings. The van der Waals surface area contributed by atoms with E-state index in [0.29, 0.717) is 15.2 Å². The molecule has 2 heterocycles. The molecule has 2 rings (SSSR count). The number of thiophene rings is 1. The van der Waals surface area contributed by atoms with Crippen LogP contribution in [0.15, 0.2) is 22.4 Å². The van der Waals surface area contributed by atoms with E-state index in [9.17, 15) is 4.79 Å². The smallest absolute Gasteiger partial charge is 0.348 e. The predicted octanol–water partition coefficient (Wildman–Crippen LogP) is 3.06. The quantitative estimate of drug-likeness (QED) is 0.631. The normalized spacial score (nSPS) is 10.3. The van der Waals surface area contributed by atoms with E-state index in [0.717, 1.165) is 11.1 Å². The highest BCUT2D eigenvalue weighted by atomic mass is 79.9. The second kappa shape index (κ2) is 4.93. The second-order valence-electron chi connectivity index (χ2n) is 3.34. The second-order valence-corrected chi connectivity index (χ2v) is 5.03. The maximum atomic E-state index is 11.6.